The lowest BCUT2D eigenvalue weighted by Crippen LogP contribution is -2.36. The summed E-state index contributed by atoms with van der Waals surface area (Å²) in [5.74, 6) is -0.681. The number of nitrogens with zero attached hydrogens (tertiary/aromatic N) is 1. The first-order valence-electron chi connectivity index (χ1n) is 6.19. The number of aromatic nitrogens is 1. The van der Waals surface area contributed by atoms with Crippen molar-refractivity contribution in [3.63, 3.8) is 0 Å². The zero-order valence-corrected chi connectivity index (χ0v) is 11.8. The van der Waals surface area contributed by atoms with E-state index in [4.69, 9.17) is 11.6 Å². The van der Waals surface area contributed by atoms with Crippen molar-refractivity contribution in [3.05, 3.63) is 41.2 Å². The number of rotatable bonds is 3. The predicted octanol–water partition coefficient (Wildman–Crippen LogP) is 3.96. The summed E-state index contributed by atoms with van der Waals surface area (Å²) in [6, 6.07) is 7.51. The van der Waals surface area contributed by atoms with E-state index in [1.807, 2.05) is 0 Å². The zero-order valence-electron chi connectivity index (χ0n) is 11.0. The summed E-state index contributed by atoms with van der Waals surface area (Å²) in [7, 11) is 0. The van der Waals surface area contributed by atoms with Crippen LogP contribution in [0.3, 0.4) is 0 Å². The molecular formula is C14H12ClF3N2O. The van der Waals surface area contributed by atoms with Crippen LogP contribution in [0.4, 0.5) is 13.2 Å². The van der Waals surface area contributed by atoms with Crippen LogP contribution in [0.2, 0.25) is 5.15 Å². The molecule has 0 aliphatic carbocycles. The molecule has 1 amide bonds. The maximum atomic E-state index is 12.2. The van der Waals surface area contributed by atoms with Crippen molar-refractivity contribution in [2.45, 2.75) is 25.6 Å². The van der Waals surface area contributed by atoms with Gasteiger partial charge in [-0.25, -0.2) is 4.98 Å². The fraction of sp³-hybridized carbons (Fsp3) is 0.286. The predicted molar refractivity (Wildman–Crippen MR) is 74.4 cm³/mol. The topological polar surface area (TPSA) is 42.0 Å². The molecule has 0 spiro atoms. The van der Waals surface area contributed by atoms with E-state index in [0.717, 1.165) is 0 Å². The molecule has 2 rings (SSSR count). The van der Waals surface area contributed by atoms with Crippen LogP contribution < -0.4 is 5.32 Å². The number of hydrogen-bond donors (Lipinski definition) is 1. The number of hydrogen-bond acceptors (Lipinski definition) is 2. The van der Waals surface area contributed by atoms with Gasteiger partial charge in [-0.3, -0.25) is 4.79 Å². The van der Waals surface area contributed by atoms with Gasteiger partial charge in [0.05, 0.1) is 6.42 Å². The Morgan fingerprint density at radius 2 is 2.05 bits per heavy atom. The first-order chi connectivity index (χ1) is 9.76. The fourth-order valence-electron chi connectivity index (χ4n) is 1.97. The number of halogens is 4. The molecule has 1 atom stereocenters. The summed E-state index contributed by atoms with van der Waals surface area (Å²) >= 11 is 5.98. The summed E-state index contributed by atoms with van der Waals surface area (Å²) in [4.78, 5) is 15.9. The average molecular weight is 317 g/mol. The first kappa shape index (κ1) is 15.6. The van der Waals surface area contributed by atoms with E-state index in [0.29, 0.717) is 10.8 Å². The Hall–Kier alpha value is -1.82. The Balaban J connectivity index is 2.20. The molecule has 0 aliphatic heterocycles. The fourth-order valence-corrected chi connectivity index (χ4v) is 2.23. The van der Waals surface area contributed by atoms with Gasteiger partial charge >= 0.3 is 6.18 Å². The van der Waals surface area contributed by atoms with E-state index >= 15 is 0 Å². The third-order valence-electron chi connectivity index (χ3n) is 2.84. The van der Waals surface area contributed by atoms with Crippen LogP contribution in [0, 0.1) is 0 Å². The Kier molecular flexibility index (Phi) is 4.37. The van der Waals surface area contributed by atoms with Crippen molar-refractivity contribution in [1.29, 1.82) is 0 Å². The minimum atomic E-state index is -4.33. The Labute approximate surface area is 124 Å². The molecule has 0 fully saturated rings. The van der Waals surface area contributed by atoms with E-state index in [-0.39, 0.29) is 10.8 Å². The highest BCUT2D eigenvalue weighted by atomic mass is 35.5. The number of fused-ring (bicyclic) bond motifs is 1. The normalized spacial score (nSPS) is 13.2. The van der Waals surface area contributed by atoms with Crippen molar-refractivity contribution in [3.8, 4) is 0 Å². The van der Waals surface area contributed by atoms with Crippen LogP contribution in [0.15, 0.2) is 30.3 Å². The van der Waals surface area contributed by atoms with Crippen LogP contribution in [0.1, 0.15) is 23.8 Å². The average Bonchev–Trinajstić information content (AvgIpc) is 2.36. The minimum Gasteiger partial charge on any atom is -0.348 e. The lowest BCUT2D eigenvalue weighted by molar-refractivity contribution is -0.138. The molecule has 0 aliphatic rings. The summed E-state index contributed by atoms with van der Waals surface area (Å²) in [6.45, 7) is 1.29. The van der Waals surface area contributed by atoms with Crippen LogP contribution >= 0.6 is 11.6 Å². The molecule has 0 bridgehead atoms. The minimum absolute atomic E-state index is 0.00674. The van der Waals surface area contributed by atoms with Gasteiger partial charge in [0.1, 0.15) is 10.8 Å². The highest BCUT2D eigenvalue weighted by molar-refractivity contribution is 6.34. The Morgan fingerprint density at radius 1 is 1.38 bits per heavy atom. The van der Waals surface area contributed by atoms with Crippen LogP contribution in [0.5, 0.6) is 0 Å². The molecule has 1 N–H and O–H groups in total. The van der Waals surface area contributed by atoms with Gasteiger partial charge in [-0.05, 0) is 18.4 Å². The SMILES string of the molecule is CC(CC(F)(F)F)NC(=O)c1cc2ccccc2c(Cl)n1. The molecule has 21 heavy (non-hydrogen) atoms. The molecule has 1 aromatic carbocycles. The van der Waals surface area contributed by atoms with Gasteiger partial charge in [0, 0.05) is 11.4 Å². The van der Waals surface area contributed by atoms with E-state index in [1.54, 1.807) is 24.3 Å². The summed E-state index contributed by atoms with van der Waals surface area (Å²) in [5, 5.41) is 3.78. The van der Waals surface area contributed by atoms with Gasteiger partial charge in [0.15, 0.2) is 0 Å². The van der Waals surface area contributed by atoms with Crippen LogP contribution in [-0.4, -0.2) is 23.1 Å². The number of pyridine rings is 1. The largest absolute Gasteiger partial charge is 0.391 e. The number of nitrogens with one attached hydrogen (secondary N) is 1. The maximum Gasteiger partial charge on any atom is 0.391 e. The van der Waals surface area contributed by atoms with Gasteiger partial charge in [-0.1, -0.05) is 35.9 Å². The van der Waals surface area contributed by atoms with Gasteiger partial charge in [-0.2, -0.15) is 13.2 Å². The lowest BCUT2D eigenvalue weighted by atomic mass is 10.1. The standard InChI is InChI=1S/C14H12ClF3N2O/c1-8(7-14(16,17)18)19-13(21)11-6-9-4-2-3-5-10(9)12(15)20-11/h2-6,8H,7H2,1H3,(H,19,21). The van der Waals surface area contributed by atoms with E-state index in [9.17, 15) is 18.0 Å². The number of benzene rings is 1. The molecule has 0 radical (unpaired) electrons. The van der Waals surface area contributed by atoms with Crippen molar-refractivity contribution in [1.82, 2.24) is 10.3 Å². The number of amides is 1. The van der Waals surface area contributed by atoms with Crippen LogP contribution in [-0.2, 0) is 0 Å². The van der Waals surface area contributed by atoms with Gasteiger partial charge in [0.25, 0.3) is 5.91 Å². The highest BCUT2D eigenvalue weighted by Gasteiger charge is 2.30. The third-order valence-corrected chi connectivity index (χ3v) is 3.13. The zero-order chi connectivity index (χ0) is 15.6. The maximum absolute atomic E-state index is 12.2. The van der Waals surface area contributed by atoms with Crippen LogP contribution in [0.25, 0.3) is 10.8 Å². The molecule has 0 saturated heterocycles. The molecule has 7 heteroatoms. The number of alkyl halides is 3. The lowest BCUT2D eigenvalue weighted by Gasteiger charge is -2.15. The van der Waals surface area contributed by atoms with Gasteiger partial charge in [-0.15, -0.1) is 0 Å². The van der Waals surface area contributed by atoms with Gasteiger partial charge < -0.3 is 5.32 Å². The molecular weight excluding hydrogens is 305 g/mol. The number of carbonyl (C=O) groups excluding carboxylic acids is 1. The smallest absolute Gasteiger partial charge is 0.348 e. The van der Waals surface area contributed by atoms with E-state index in [2.05, 4.69) is 10.3 Å². The summed E-state index contributed by atoms with van der Waals surface area (Å²) < 4.78 is 36.7. The quantitative estimate of drug-likeness (QED) is 0.871. The summed E-state index contributed by atoms with van der Waals surface area (Å²) in [6.07, 6.45) is -5.43. The third kappa shape index (κ3) is 4.07. The molecule has 112 valence electrons. The number of carbonyl (C=O) groups is 1. The molecule has 3 nitrogen and oxygen atoms in total. The van der Waals surface area contributed by atoms with Crippen molar-refractivity contribution < 1.29 is 18.0 Å². The molecule has 1 heterocycles. The second kappa shape index (κ2) is 5.89. The van der Waals surface area contributed by atoms with E-state index < -0.39 is 24.5 Å². The van der Waals surface area contributed by atoms with Gasteiger partial charge in [0.2, 0.25) is 0 Å². The highest BCUT2D eigenvalue weighted by Crippen LogP contribution is 2.23. The van der Waals surface area contributed by atoms with Crippen molar-refractivity contribution in [2.75, 3.05) is 0 Å². The molecule has 1 unspecified atom stereocenters. The Bertz CT molecular complexity index is 673. The van der Waals surface area contributed by atoms with Crippen molar-refractivity contribution >= 4 is 28.3 Å². The summed E-state index contributed by atoms with van der Waals surface area (Å²) in [5.41, 5.74) is -0.00674. The second-order valence-electron chi connectivity index (χ2n) is 4.71. The monoisotopic (exact) mass is 316 g/mol. The molecule has 2 aromatic rings. The molecule has 1 aromatic heterocycles. The molecule has 0 saturated carbocycles. The second-order valence-corrected chi connectivity index (χ2v) is 5.07. The van der Waals surface area contributed by atoms with Crippen molar-refractivity contribution in [2.24, 2.45) is 0 Å². The first-order valence-corrected chi connectivity index (χ1v) is 6.57. The van der Waals surface area contributed by atoms with E-state index in [1.165, 1.54) is 13.0 Å². The Morgan fingerprint density at radius 3 is 2.71 bits per heavy atom.